The molecular weight excluding hydrogens is 813 g/mol. The first-order valence-corrected chi connectivity index (χ1v) is 25.1. The lowest BCUT2D eigenvalue weighted by atomic mass is 9.99. The van der Waals surface area contributed by atoms with Crippen molar-refractivity contribution in [3.05, 3.63) is 72.9 Å². The zero-order chi connectivity index (χ0) is 45.4. The highest BCUT2D eigenvalue weighted by atomic mass is 32.3. The van der Waals surface area contributed by atoms with E-state index in [1.54, 1.807) is 0 Å². The molecule has 1 rings (SSSR count). The highest BCUT2D eigenvalue weighted by Gasteiger charge is 2.48. The summed E-state index contributed by atoms with van der Waals surface area (Å²) < 4.78 is 59.0. The summed E-state index contributed by atoms with van der Waals surface area (Å²) >= 11 is 0. The Balaban J connectivity index is 2.42. The van der Waals surface area contributed by atoms with Gasteiger partial charge < -0.3 is 34.3 Å². The van der Waals surface area contributed by atoms with E-state index in [0.717, 1.165) is 70.6 Å². The lowest BCUT2D eigenvalue weighted by Crippen LogP contribution is -2.60. The molecule has 0 radical (unpaired) electrons. The number of carbonyl (C=O) groups is 1. The third-order valence-corrected chi connectivity index (χ3v) is 10.8. The van der Waals surface area contributed by atoms with Crippen molar-refractivity contribution in [2.45, 2.75) is 205 Å². The van der Waals surface area contributed by atoms with E-state index in [0.29, 0.717) is 13.0 Å². The Morgan fingerprint density at radius 2 is 1.11 bits per heavy atom. The predicted molar refractivity (Wildman–Crippen MR) is 248 cm³/mol. The Morgan fingerprint density at radius 1 is 0.629 bits per heavy atom. The van der Waals surface area contributed by atoms with E-state index in [-0.39, 0.29) is 19.6 Å². The van der Waals surface area contributed by atoms with Gasteiger partial charge in [-0.15, -0.1) is 0 Å². The molecule has 62 heavy (non-hydrogen) atoms. The molecule has 358 valence electrons. The van der Waals surface area contributed by atoms with Gasteiger partial charge in [0.25, 0.3) is 0 Å². The Kier molecular flexibility index (Phi) is 37.2. The number of aliphatic hydroxyl groups is 3. The van der Waals surface area contributed by atoms with Gasteiger partial charge in [-0.25, -0.2) is 4.18 Å². The topological polar surface area (TPSA) is 178 Å². The van der Waals surface area contributed by atoms with Crippen molar-refractivity contribution >= 4 is 16.4 Å². The maximum absolute atomic E-state index is 12.9. The highest BCUT2D eigenvalue weighted by molar-refractivity contribution is 7.80. The lowest BCUT2D eigenvalue weighted by Gasteiger charge is -2.41. The molecule has 1 aliphatic rings. The standard InChI is InChI=1S/C49H84O12S/c1-3-5-7-9-11-13-15-17-19-20-21-22-23-24-25-26-28-30-32-34-36-38-45(51)59-43(41-57-39-37-35-33-31-29-27-18-16-14-12-10-8-6-4-2)42-58-49-47(53)48(61-62(54,55)56)46(52)44(40-50)60-49/h6,8,12,14-15,17-18,20-21,27,31,33,43-44,46-50,52-53H,3-5,7,9-11,13,16,19,22-26,28-30,32,34-42H2,1-2H3,(H,54,55,56)/b8-6-,14-12-,17-15-,21-20-,27-18-,33-31-. The molecular formula is C49H84O12S. The maximum atomic E-state index is 12.9. The van der Waals surface area contributed by atoms with E-state index in [2.05, 4.69) is 90.9 Å². The Hall–Kier alpha value is -2.46. The second-order valence-corrected chi connectivity index (χ2v) is 17.0. The summed E-state index contributed by atoms with van der Waals surface area (Å²) in [7, 11) is -5.07. The number of carbonyl (C=O) groups excluding carboxylic acids is 1. The fourth-order valence-electron chi connectivity index (χ4n) is 6.77. The van der Waals surface area contributed by atoms with Crippen LogP contribution in [0.2, 0.25) is 0 Å². The minimum Gasteiger partial charge on any atom is -0.457 e. The molecule has 0 amide bonds. The summed E-state index contributed by atoms with van der Waals surface area (Å²) in [5, 5.41) is 30.7. The van der Waals surface area contributed by atoms with Crippen molar-refractivity contribution in [1.82, 2.24) is 0 Å². The third-order valence-electron chi connectivity index (χ3n) is 10.3. The molecule has 0 bridgehead atoms. The minimum atomic E-state index is -5.07. The van der Waals surface area contributed by atoms with Gasteiger partial charge in [0, 0.05) is 13.0 Å². The molecule has 6 unspecified atom stereocenters. The molecule has 0 aromatic rings. The van der Waals surface area contributed by atoms with Crippen LogP contribution in [0.15, 0.2) is 72.9 Å². The molecule has 0 aromatic carbocycles. The predicted octanol–water partition coefficient (Wildman–Crippen LogP) is 10.3. The number of rotatable bonds is 40. The molecule has 4 N–H and O–H groups in total. The number of hydrogen-bond donors (Lipinski definition) is 4. The normalized spacial score (nSPS) is 20.6. The van der Waals surface area contributed by atoms with Gasteiger partial charge in [-0.05, 0) is 77.0 Å². The van der Waals surface area contributed by atoms with Crippen LogP contribution in [0.4, 0.5) is 0 Å². The van der Waals surface area contributed by atoms with Crippen LogP contribution in [0, 0.1) is 0 Å². The lowest BCUT2D eigenvalue weighted by molar-refractivity contribution is -0.301. The molecule has 13 heteroatoms. The molecule has 12 nitrogen and oxygen atoms in total. The Bertz CT molecular complexity index is 1360. The smallest absolute Gasteiger partial charge is 0.397 e. The highest BCUT2D eigenvalue weighted by Crippen LogP contribution is 2.26. The average Bonchev–Trinajstić information content (AvgIpc) is 3.24. The van der Waals surface area contributed by atoms with Crippen LogP contribution in [0.3, 0.4) is 0 Å². The monoisotopic (exact) mass is 897 g/mol. The first kappa shape index (κ1) is 57.6. The van der Waals surface area contributed by atoms with Crippen molar-refractivity contribution in [2.24, 2.45) is 0 Å². The minimum absolute atomic E-state index is 0.00724. The van der Waals surface area contributed by atoms with Crippen LogP contribution in [0.5, 0.6) is 0 Å². The molecule has 6 atom stereocenters. The number of ether oxygens (including phenoxy) is 4. The molecule has 0 saturated carbocycles. The van der Waals surface area contributed by atoms with E-state index in [9.17, 15) is 28.5 Å². The van der Waals surface area contributed by atoms with Crippen molar-refractivity contribution in [3.63, 3.8) is 0 Å². The molecule has 1 fully saturated rings. The van der Waals surface area contributed by atoms with Crippen molar-refractivity contribution < 1.29 is 56.2 Å². The van der Waals surface area contributed by atoms with Crippen LogP contribution in [0.25, 0.3) is 0 Å². The molecule has 1 heterocycles. The second-order valence-electron chi connectivity index (χ2n) is 16.0. The quantitative estimate of drug-likeness (QED) is 0.0198. The maximum Gasteiger partial charge on any atom is 0.397 e. The molecule has 0 aliphatic carbocycles. The van der Waals surface area contributed by atoms with E-state index in [4.69, 9.17) is 23.5 Å². The SMILES string of the molecule is CC/C=C\C/C=C\C/C=C\C/C=C\CCCOCC(COC1OC(CO)C(O)C(OS(=O)(=O)O)C1O)OC(=O)CCCCCCCCCCC/C=C\C/C=C\CCCCCCC. The fraction of sp³-hybridized carbons (Fsp3) is 0.735. The van der Waals surface area contributed by atoms with Gasteiger partial charge in [0.15, 0.2) is 6.29 Å². The van der Waals surface area contributed by atoms with E-state index in [1.165, 1.54) is 70.6 Å². The van der Waals surface area contributed by atoms with Crippen LogP contribution in [0.1, 0.15) is 168 Å². The van der Waals surface area contributed by atoms with E-state index >= 15 is 0 Å². The van der Waals surface area contributed by atoms with Crippen LogP contribution in [-0.4, -0.2) is 97.5 Å². The summed E-state index contributed by atoms with van der Waals surface area (Å²) in [5.41, 5.74) is 0. The van der Waals surface area contributed by atoms with Gasteiger partial charge in [-0.3, -0.25) is 9.35 Å². The first-order valence-electron chi connectivity index (χ1n) is 23.7. The van der Waals surface area contributed by atoms with Crippen molar-refractivity contribution in [2.75, 3.05) is 26.4 Å². The zero-order valence-corrected chi connectivity index (χ0v) is 39.0. The third kappa shape index (κ3) is 33.1. The summed E-state index contributed by atoms with van der Waals surface area (Å²) in [6, 6.07) is 0. The molecule has 0 aromatic heterocycles. The summed E-state index contributed by atoms with van der Waals surface area (Å²) in [6.07, 6.45) is 42.3. The zero-order valence-electron chi connectivity index (χ0n) is 38.2. The summed E-state index contributed by atoms with van der Waals surface area (Å²) in [4.78, 5) is 12.9. The average molecular weight is 897 g/mol. The first-order chi connectivity index (χ1) is 30.1. The van der Waals surface area contributed by atoms with E-state index in [1.807, 2.05) is 0 Å². The van der Waals surface area contributed by atoms with Gasteiger partial charge in [0.05, 0.1) is 19.8 Å². The number of allylic oxidation sites excluding steroid dienone is 12. The molecule has 1 aliphatic heterocycles. The van der Waals surface area contributed by atoms with Crippen molar-refractivity contribution in [3.8, 4) is 0 Å². The number of esters is 1. The molecule has 1 saturated heterocycles. The number of hydrogen-bond acceptors (Lipinski definition) is 11. The van der Waals surface area contributed by atoms with Gasteiger partial charge >= 0.3 is 16.4 Å². The van der Waals surface area contributed by atoms with Gasteiger partial charge in [0.1, 0.15) is 30.5 Å². The van der Waals surface area contributed by atoms with Crippen LogP contribution >= 0.6 is 0 Å². The van der Waals surface area contributed by atoms with Gasteiger partial charge in [-0.2, -0.15) is 8.42 Å². The second kappa shape index (κ2) is 40.1. The largest absolute Gasteiger partial charge is 0.457 e. The van der Waals surface area contributed by atoms with E-state index < -0.39 is 59.8 Å². The van der Waals surface area contributed by atoms with Gasteiger partial charge in [-0.1, -0.05) is 157 Å². The molecule has 0 spiro atoms. The fourth-order valence-corrected chi connectivity index (χ4v) is 7.27. The Labute approximate surface area is 375 Å². The van der Waals surface area contributed by atoms with Crippen molar-refractivity contribution in [1.29, 1.82) is 0 Å². The summed E-state index contributed by atoms with van der Waals surface area (Å²) in [5.74, 6) is -0.425. The van der Waals surface area contributed by atoms with Crippen LogP contribution in [-0.2, 0) is 38.3 Å². The number of aliphatic hydroxyl groups excluding tert-OH is 3. The van der Waals surface area contributed by atoms with Gasteiger partial charge in [0.2, 0.25) is 0 Å². The van der Waals surface area contributed by atoms with Crippen LogP contribution < -0.4 is 0 Å². The Morgan fingerprint density at radius 3 is 1.63 bits per heavy atom. The summed E-state index contributed by atoms with van der Waals surface area (Å²) in [6.45, 7) is 3.70. The number of unbranched alkanes of at least 4 members (excludes halogenated alkanes) is 15.